The molecule has 0 saturated heterocycles. The zero-order valence-corrected chi connectivity index (χ0v) is 11.7. The highest BCUT2D eigenvalue weighted by atomic mass is 16.5. The van der Waals surface area contributed by atoms with Crippen molar-refractivity contribution in [3.05, 3.63) is 23.8 Å². The smallest absolute Gasteiger partial charge is 0.160 e. The molecule has 0 aromatic heterocycles. The summed E-state index contributed by atoms with van der Waals surface area (Å²) in [6, 6.07) is 5.78. The van der Waals surface area contributed by atoms with E-state index < -0.39 is 0 Å². The molecule has 0 aliphatic rings. The highest BCUT2D eigenvalue weighted by Crippen LogP contribution is 2.28. The molecule has 18 heavy (non-hydrogen) atoms. The Hall–Kier alpha value is -1.51. The Morgan fingerprint density at radius 1 is 1.17 bits per heavy atom. The summed E-state index contributed by atoms with van der Waals surface area (Å²) in [4.78, 5) is 11.6. The monoisotopic (exact) mass is 250 g/mol. The molecule has 0 aliphatic carbocycles. The van der Waals surface area contributed by atoms with Gasteiger partial charge in [0.25, 0.3) is 0 Å². The van der Waals surface area contributed by atoms with Gasteiger partial charge in [-0.1, -0.05) is 19.9 Å². The summed E-state index contributed by atoms with van der Waals surface area (Å²) in [5.41, 5.74) is 1.10. The van der Waals surface area contributed by atoms with Crippen LogP contribution in [0.1, 0.15) is 32.3 Å². The van der Waals surface area contributed by atoms with Crippen molar-refractivity contribution in [2.45, 2.75) is 33.1 Å². The number of rotatable bonds is 7. The first-order valence-corrected chi connectivity index (χ1v) is 6.29. The van der Waals surface area contributed by atoms with Crippen LogP contribution < -0.4 is 9.47 Å². The van der Waals surface area contributed by atoms with Crippen molar-refractivity contribution in [1.29, 1.82) is 0 Å². The van der Waals surface area contributed by atoms with Gasteiger partial charge in [0.15, 0.2) is 11.5 Å². The molecule has 100 valence electrons. The van der Waals surface area contributed by atoms with Crippen LogP contribution in [-0.4, -0.2) is 20.0 Å². The molecule has 1 aromatic rings. The molecular formula is C15H22O3. The summed E-state index contributed by atoms with van der Waals surface area (Å²) in [6.45, 7) is 4.13. The maximum Gasteiger partial charge on any atom is 0.160 e. The zero-order chi connectivity index (χ0) is 13.5. The molecule has 0 N–H and O–H groups in total. The van der Waals surface area contributed by atoms with Crippen molar-refractivity contribution < 1.29 is 14.3 Å². The Morgan fingerprint density at radius 3 is 2.39 bits per heavy atom. The minimum atomic E-state index is 0.319. The average Bonchev–Trinajstić information content (AvgIpc) is 2.35. The lowest BCUT2D eigenvalue weighted by Gasteiger charge is -2.09. The quantitative estimate of drug-likeness (QED) is 0.745. The Bertz CT molecular complexity index is 397. The molecular weight excluding hydrogens is 228 g/mol. The van der Waals surface area contributed by atoms with Crippen molar-refractivity contribution >= 4 is 5.78 Å². The third-order valence-electron chi connectivity index (χ3n) is 2.78. The van der Waals surface area contributed by atoms with Gasteiger partial charge in [-0.3, -0.25) is 4.79 Å². The minimum Gasteiger partial charge on any atom is -0.493 e. The fraction of sp³-hybridized carbons (Fsp3) is 0.533. The first-order valence-electron chi connectivity index (χ1n) is 6.29. The maximum absolute atomic E-state index is 11.6. The number of benzene rings is 1. The first kappa shape index (κ1) is 14.6. The average molecular weight is 250 g/mol. The highest BCUT2D eigenvalue weighted by Gasteiger charge is 2.08. The fourth-order valence-electron chi connectivity index (χ4n) is 1.88. The van der Waals surface area contributed by atoms with Crippen LogP contribution in [0.15, 0.2) is 18.2 Å². The molecule has 3 nitrogen and oxygen atoms in total. The van der Waals surface area contributed by atoms with Gasteiger partial charge < -0.3 is 9.47 Å². The predicted molar refractivity (Wildman–Crippen MR) is 72.3 cm³/mol. The molecule has 0 saturated carbocycles. The third kappa shape index (κ3) is 4.40. The van der Waals surface area contributed by atoms with Gasteiger partial charge in [0.2, 0.25) is 0 Å². The molecule has 0 radical (unpaired) electrons. The molecule has 0 fully saturated rings. The van der Waals surface area contributed by atoms with E-state index in [-0.39, 0.29) is 0 Å². The van der Waals surface area contributed by atoms with Crippen LogP contribution >= 0.6 is 0 Å². The van der Waals surface area contributed by atoms with Gasteiger partial charge in [0.05, 0.1) is 14.2 Å². The van der Waals surface area contributed by atoms with E-state index in [0.717, 1.165) is 17.7 Å². The number of aryl methyl sites for hydroxylation is 1. The molecule has 3 heteroatoms. The summed E-state index contributed by atoms with van der Waals surface area (Å²) >= 11 is 0. The largest absolute Gasteiger partial charge is 0.493 e. The van der Waals surface area contributed by atoms with E-state index in [2.05, 4.69) is 13.8 Å². The Balaban J connectivity index is 2.60. The van der Waals surface area contributed by atoms with E-state index >= 15 is 0 Å². The summed E-state index contributed by atoms with van der Waals surface area (Å²) in [6.07, 6.45) is 2.01. The van der Waals surface area contributed by atoms with Crippen molar-refractivity contribution in [2.24, 2.45) is 5.92 Å². The topological polar surface area (TPSA) is 35.5 Å². The van der Waals surface area contributed by atoms with Crippen molar-refractivity contribution in [3.8, 4) is 11.5 Å². The van der Waals surface area contributed by atoms with Crippen LogP contribution in [0.4, 0.5) is 0 Å². The number of methoxy groups -OCH3 is 2. The number of hydrogen-bond acceptors (Lipinski definition) is 3. The second-order valence-corrected chi connectivity index (χ2v) is 4.83. The van der Waals surface area contributed by atoms with E-state index in [1.165, 1.54) is 0 Å². The Labute approximate surface area is 109 Å². The van der Waals surface area contributed by atoms with Crippen LogP contribution in [0.2, 0.25) is 0 Å². The molecule has 0 unspecified atom stereocenters. The lowest BCUT2D eigenvalue weighted by atomic mass is 10.0. The van der Waals surface area contributed by atoms with Crippen molar-refractivity contribution in [2.75, 3.05) is 14.2 Å². The van der Waals surface area contributed by atoms with Crippen LogP contribution in [-0.2, 0) is 11.2 Å². The summed E-state index contributed by atoms with van der Waals surface area (Å²) < 4.78 is 10.4. The SMILES string of the molecule is COc1ccc(CCC(=O)CC(C)C)cc1OC. The van der Waals surface area contributed by atoms with Gasteiger partial charge in [0, 0.05) is 12.8 Å². The van der Waals surface area contributed by atoms with Gasteiger partial charge >= 0.3 is 0 Å². The van der Waals surface area contributed by atoms with E-state index in [9.17, 15) is 4.79 Å². The normalized spacial score (nSPS) is 10.5. The van der Waals surface area contributed by atoms with Gasteiger partial charge in [-0.05, 0) is 30.0 Å². The van der Waals surface area contributed by atoms with Gasteiger partial charge in [-0.25, -0.2) is 0 Å². The number of carbonyl (C=O) groups is 1. The van der Waals surface area contributed by atoms with Gasteiger partial charge in [0.1, 0.15) is 5.78 Å². The fourth-order valence-corrected chi connectivity index (χ4v) is 1.88. The van der Waals surface area contributed by atoms with E-state index in [1.807, 2.05) is 18.2 Å². The predicted octanol–water partition coefficient (Wildman–Crippen LogP) is 3.25. The molecule has 0 bridgehead atoms. The van der Waals surface area contributed by atoms with Crippen LogP contribution in [0.3, 0.4) is 0 Å². The van der Waals surface area contributed by atoms with E-state index in [0.29, 0.717) is 30.3 Å². The standard InChI is InChI=1S/C15H22O3/c1-11(2)9-13(16)7-5-12-6-8-14(17-3)15(10-12)18-4/h6,8,10-11H,5,7,9H2,1-4H3. The van der Waals surface area contributed by atoms with E-state index in [1.54, 1.807) is 14.2 Å². The molecule has 0 aliphatic heterocycles. The number of hydrogen-bond donors (Lipinski definition) is 0. The zero-order valence-electron chi connectivity index (χ0n) is 11.7. The first-order chi connectivity index (χ1) is 8.56. The van der Waals surface area contributed by atoms with Crippen molar-refractivity contribution in [1.82, 2.24) is 0 Å². The highest BCUT2D eigenvalue weighted by molar-refractivity contribution is 5.78. The Kier molecular flexibility index (Phi) is 5.69. The van der Waals surface area contributed by atoms with Crippen LogP contribution in [0.5, 0.6) is 11.5 Å². The second kappa shape index (κ2) is 7.04. The number of carbonyl (C=O) groups excluding carboxylic acids is 1. The second-order valence-electron chi connectivity index (χ2n) is 4.83. The third-order valence-corrected chi connectivity index (χ3v) is 2.78. The number of Topliss-reactive ketones (excluding diaryl/α,β-unsaturated/α-hetero) is 1. The molecule has 0 amide bonds. The summed E-state index contributed by atoms with van der Waals surface area (Å²) in [5.74, 6) is 2.18. The number of ether oxygens (including phenoxy) is 2. The van der Waals surface area contributed by atoms with Gasteiger partial charge in [-0.2, -0.15) is 0 Å². The lowest BCUT2D eigenvalue weighted by Crippen LogP contribution is -2.04. The van der Waals surface area contributed by atoms with Crippen LogP contribution in [0, 0.1) is 5.92 Å². The summed E-state index contributed by atoms with van der Waals surface area (Å²) in [7, 11) is 3.23. The molecule has 0 heterocycles. The Morgan fingerprint density at radius 2 is 1.83 bits per heavy atom. The van der Waals surface area contributed by atoms with Crippen LogP contribution in [0.25, 0.3) is 0 Å². The van der Waals surface area contributed by atoms with E-state index in [4.69, 9.17) is 9.47 Å². The van der Waals surface area contributed by atoms with Crippen molar-refractivity contribution in [3.63, 3.8) is 0 Å². The molecule has 1 rings (SSSR count). The lowest BCUT2D eigenvalue weighted by molar-refractivity contribution is -0.119. The number of ketones is 1. The maximum atomic E-state index is 11.6. The summed E-state index contributed by atoms with van der Waals surface area (Å²) in [5, 5.41) is 0. The minimum absolute atomic E-state index is 0.319. The molecule has 0 spiro atoms. The van der Waals surface area contributed by atoms with Gasteiger partial charge in [-0.15, -0.1) is 0 Å². The molecule has 1 aromatic carbocycles. The molecule has 0 atom stereocenters.